The Morgan fingerprint density at radius 3 is 2.32 bits per heavy atom. The molecule has 0 radical (unpaired) electrons. The van der Waals surface area contributed by atoms with Gasteiger partial charge in [-0.05, 0) is 43.9 Å². The minimum atomic E-state index is -1.91. The Kier molecular flexibility index (Phi) is 7.89. The van der Waals surface area contributed by atoms with Crippen molar-refractivity contribution >= 4 is 9.53 Å². The number of hydrogen-bond donors (Lipinski definition) is 0. The van der Waals surface area contributed by atoms with Crippen LogP contribution in [0, 0.1) is 5.82 Å². The summed E-state index contributed by atoms with van der Waals surface area (Å²) in [7, 11) is 1.32. The second kappa shape index (κ2) is 9.20. The molecule has 0 saturated carbocycles. The van der Waals surface area contributed by atoms with E-state index in [1.807, 2.05) is 19.1 Å². The Morgan fingerprint density at radius 2 is 1.74 bits per heavy atom. The van der Waals surface area contributed by atoms with E-state index in [0.29, 0.717) is 0 Å². The molecule has 0 heterocycles. The van der Waals surface area contributed by atoms with E-state index in [1.54, 1.807) is 14.2 Å². The Bertz CT molecular complexity index is 341. The zero-order valence-corrected chi connectivity index (χ0v) is 13.0. The van der Waals surface area contributed by atoms with Crippen molar-refractivity contribution in [2.45, 2.75) is 38.7 Å². The lowest BCUT2D eigenvalue weighted by atomic mass is 10.1. The number of halogens is 1. The van der Waals surface area contributed by atoms with Crippen LogP contribution in [0.1, 0.15) is 31.7 Å². The minimum absolute atomic E-state index is 0.157. The fourth-order valence-corrected chi connectivity index (χ4v) is 2.81. The van der Waals surface area contributed by atoms with Crippen molar-refractivity contribution in [3.05, 3.63) is 35.6 Å². The van der Waals surface area contributed by atoms with Crippen molar-refractivity contribution in [1.29, 1.82) is 0 Å². The van der Waals surface area contributed by atoms with Crippen LogP contribution >= 0.6 is 0 Å². The maximum atomic E-state index is 12.7. The Balaban J connectivity index is 2.14. The van der Waals surface area contributed by atoms with Crippen molar-refractivity contribution in [3.8, 4) is 0 Å². The summed E-state index contributed by atoms with van der Waals surface area (Å²) in [6.45, 7) is 2.04. The molecule has 5 heteroatoms. The molecule has 1 atom stereocenters. The first kappa shape index (κ1) is 16.3. The van der Waals surface area contributed by atoms with Gasteiger partial charge in [0.25, 0.3) is 0 Å². The van der Waals surface area contributed by atoms with E-state index in [-0.39, 0.29) is 11.9 Å². The molecule has 0 spiro atoms. The summed E-state index contributed by atoms with van der Waals surface area (Å²) in [6, 6.07) is 6.70. The topological polar surface area (TPSA) is 27.7 Å². The number of benzene rings is 1. The van der Waals surface area contributed by atoms with Gasteiger partial charge in [-0.15, -0.1) is 0 Å². The third-order valence-corrected chi connectivity index (χ3v) is 4.42. The quantitative estimate of drug-likeness (QED) is 0.516. The van der Waals surface area contributed by atoms with Crippen LogP contribution in [0.2, 0.25) is 0 Å². The van der Waals surface area contributed by atoms with Crippen LogP contribution in [0.3, 0.4) is 0 Å². The van der Waals surface area contributed by atoms with E-state index in [4.69, 9.17) is 13.3 Å². The summed E-state index contributed by atoms with van der Waals surface area (Å²) in [5.41, 5.74) is 1.18. The number of rotatable bonds is 9. The number of unbranched alkanes of at least 4 members (excludes halogenated alkanes) is 1. The molecule has 0 aliphatic carbocycles. The monoisotopic (exact) mass is 286 g/mol. The molecule has 1 rings (SSSR count). The maximum Gasteiger partial charge on any atom is 0.483 e. The molecule has 0 fully saturated rings. The van der Waals surface area contributed by atoms with Crippen LogP contribution in [-0.2, 0) is 19.7 Å². The second-order valence-electron chi connectivity index (χ2n) is 4.58. The smallest absolute Gasteiger partial charge is 0.379 e. The Labute approximate surface area is 116 Å². The summed E-state index contributed by atoms with van der Waals surface area (Å²) < 4.78 is 28.6. The first-order valence-corrected chi connectivity index (χ1v) is 8.02. The van der Waals surface area contributed by atoms with Gasteiger partial charge in [-0.25, -0.2) is 4.39 Å². The molecule has 0 aromatic heterocycles. The van der Waals surface area contributed by atoms with E-state index in [0.717, 1.165) is 25.7 Å². The highest BCUT2D eigenvalue weighted by molar-refractivity contribution is 6.36. The highest BCUT2D eigenvalue weighted by atomic mass is 28.3. The molecule has 0 bridgehead atoms. The van der Waals surface area contributed by atoms with Gasteiger partial charge >= 0.3 is 9.53 Å². The maximum absolute atomic E-state index is 12.7. The molecule has 0 aliphatic heterocycles. The lowest BCUT2D eigenvalue weighted by Crippen LogP contribution is -2.28. The van der Waals surface area contributed by atoms with Crippen LogP contribution < -0.4 is 0 Å². The van der Waals surface area contributed by atoms with Crippen molar-refractivity contribution in [2.24, 2.45) is 0 Å². The molecular formula is C14H23FO3Si. The summed E-state index contributed by atoms with van der Waals surface area (Å²) in [5, 5.41) is 0. The predicted octanol–water partition coefficient (Wildman–Crippen LogP) is 2.95. The van der Waals surface area contributed by atoms with Crippen LogP contribution in [0.5, 0.6) is 0 Å². The van der Waals surface area contributed by atoms with Crippen molar-refractivity contribution in [1.82, 2.24) is 0 Å². The zero-order chi connectivity index (χ0) is 14.1. The van der Waals surface area contributed by atoms with Crippen molar-refractivity contribution in [3.63, 3.8) is 0 Å². The molecule has 0 aliphatic rings. The summed E-state index contributed by atoms with van der Waals surface area (Å²) in [4.78, 5) is 0. The van der Waals surface area contributed by atoms with Crippen LogP contribution in [0.25, 0.3) is 0 Å². The third kappa shape index (κ3) is 6.82. The predicted molar refractivity (Wildman–Crippen MR) is 75.7 cm³/mol. The highest BCUT2D eigenvalue weighted by Crippen LogP contribution is 2.11. The molecule has 1 aromatic rings. The standard InChI is InChI=1S/C14H23FO3Si/c1-12(18-19(16-2)17-3)6-4-5-7-13-8-10-14(15)11-9-13/h8-12,19H,4-7H2,1-3H3. The minimum Gasteiger partial charge on any atom is -0.379 e. The SMILES string of the molecule is CO[SiH](OC)OC(C)CCCCc1ccc(F)cc1. The van der Waals surface area contributed by atoms with E-state index in [9.17, 15) is 4.39 Å². The first-order valence-electron chi connectivity index (χ1n) is 6.61. The van der Waals surface area contributed by atoms with E-state index in [2.05, 4.69) is 0 Å². The molecule has 1 aromatic carbocycles. The largest absolute Gasteiger partial charge is 0.483 e. The lowest BCUT2D eigenvalue weighted by Gasteiger charge is -2.17. The normalized spacial score (nSPS) is 12.9. The van der Waals surface area contributed by atoms with Gasteiger partial charge < -0.3 is 13.3 Å². The van der Waals surface area contributed by atoms with Crippen LogP contribution in [-0.4, -0.2) is 29.9 Å². The number of hydrogen-bond acceptors (Lipinski definition) is 3. The van der Waals surface area contributed by atoms with Gasteiger partial charge in [0, 0.05) is 20.3 Å². The van der Waals surface area contributed by atoms with E-state index >= 15 is 0 Å². The first-order chi connectivity index (χ1) is 9.15. The van der Waals surface area contributed by atoms with Gasteiger partial charge in [0.2, 0.25) is 0 Å². The van der Waals surface area contributed by atoms with E-state index in [1.165, 1.54) is 17.7 Å². The molecular weight excluding hydrogens is 263 g/mol. The van der Waals surface area contributed by atoms with Crippen LogP contribution in [0.4, 0.5) is 4.39 Å². The Hall–Kier alpha value is -0.753. The van der Waals surface area contributed by atoms with Crippen molar-refractivity contribution < 1.29 is 17.7 Å². The van der Waals surface area contributed by atoms with Crippen molar-refractivity contribution in [2.75, 3.05) is 14.2 Å². The van der Waals surface area contributed by atoms with Gasteiger partial charge in [0.1, 0.15) is 5.82 Å². The Morgan fingerprint density at radius 1 is 1.11 bits per heavy atom. The van der Waals surface area contributed by atoms with Gasteiger partial charge in [-0.2, -0.15) is 0 Å². The van der Waals surface area contributed by atoms with Gasteiger partial charge in [-0.3, -0.25) is 0 Å². The van der Waals surface area contributed by atoms with Gasteiger partial charge in [0.05, 0.1) is 0 Å². The average Bonchev–Trinajstić information content (AvgIpc) is 2.43. The number of aryl methyl sites for hydroxylation is 1. The molecule has 0 amide bonds. The van der Waals surface area contributed by atoms with Gasteiger partial charge in [0.15, 0.2) is 0 Å². The summed E-state index contributed by atoms with van der Waals surface area (Å²) in [6.07, 6.45) is 4.27. The molecule has 3 nitrogen and oxygen atoms in total. The molecule has 0 saturated heterocycles. The summed E-state index contributed by atoms with van der Waals surface area (Å²) in [5.74, 6) is -0.180. The molecule has 0 N–H and O–H groups in total. The van der Waals surface area contributed by atoms with Crippen LogP contribution in [0.15, 0.2) is 24.3 Å². The fourth-order valence-electron chi connectivity index (χ4n) is 1.88. The zero-order valence-electron chi connectivity index (χ0n) is 11.9. The third-order valence-electron chi connectivity index (χ3n) is 2.97. The molecule has 1 unspecified atom stereocenters. The molecule has 108 valence electrons. The fraction of sp³-hybridized carbons (Fsp3) is 0.571. The highest BCUT2D eigenvalue weighted by Gasteiger charge is 2.15. The molecule has 19 heavy (non-hydrogen) atoms. The summed E-state index contributed by atoms with van der Waals surface area (Å²) >= 11 is 0. The lowest BCUT2D eigenvalue weighted by molar-refractivity contribution is 0.0894. The second-order valence-corrected chi connectivity index (χ2v) is 6.37. The van der Waals surface area contributed by atoms with E-state index < -0.39 is 9.53 Å². The average molecular weight is 286 g/mol. The van der Waals surface area contributed by atoms with Gasteiger partial charge in [-0.1, -0.05) is 18.6 Å².